The summed E-state index contributed by atoms with van der Waals surface area (Å²) in [6, 6.07) is 0. The molecule has 0 aromatic heterocycles. The van der Waals surface area contributed by atoms with Gasteiger partial charge >= 0.3 is 41.1 Å². The Morgan fingerprint density at radius 3 is 2.17 bits per heavy atom. The summed E-state index contributed by atoms with van der Waals surface area (Å²) in [5.41, 5.74) is 0. The number of hydrogen-bond donors (Lipinski definition) is 2. The van der Waals surface area contributed by atoms with Gasteiger partial charge in [-0.1, -0.05) is 0 Å². The fourth-order valence-corrected chi connectivity index (χ4v) is 0.600. The molecule has 0 aromatic carbocycles. The molecule has 0 heterocycles. The van der Waals surface area contributed by atoms with Crippen molar-refractivity contribution in [2.45, 2.75) is 6.92 Å². The van der Waals surface area contributed by atoms with Crippen molar-refractivity contribution in [3.63, 3.8) is 0 Å². The normalized spacial score (nSPS) is 10.0. The van der Waals surface area contributed by atoms with Gasteiger partial charge in [0.1, 0.15) is 0 Å². The van der Waals surface area contributed by atoms with E-state index < -0.39 is 15.7 Å². The van der Waals surface area contributed by atoms with Crippen molar-refractivity contribution in [2.75, 3.05) is 6.61 Å². The second-order valence-electron chi connectivity index (χ2n) is 0.671. The Morgan fingerprint density at radius 2 is 2.17 bits per heavy atom. The Bertz CT molecular complexity index is 30.0. The minimum atomic E-state index is -2.72. The SMILES string of the molecule is CCO[As](O)O. The molecule has 0 fully saturated rings. The Balaban J connectivity index is 2.63. The second kappa shape index (κ2) is 3.62. The van der Waals surface area contributed by atoms with Gasteiger partial charge in [0, 0.05) is 0 Å². The van der Waals surface area contributed by atoms with Crippen LogP contribution < -0.4 is 0 Å². The molecule has 3 nitrogen and oxygen atoms in total. The first kappa shape index (κ1) is 6.44. The van der Waals surface area contributed by atoms with Gasteiger partial charge in [0.25, 0.3) is 0 Å². The van der Waals surface area contributed by atoms with Crippen molar-refractivity contribution >= 4 is 15.7 Å². The third kappa shape index (κ3) is 4.44. The third-order valence-electron chi connectivity index (χ3n) is 0.245. The molecule has 0 aliphatic heterocycles. The average Bonchev–Trinajstić information content (AvgIpc) is 1.35. The maximum atomic E-state index is 8.03. The zero-order valence-electron chi connectivity index (χ0n) is 3.46. The van der Waals surface area contributed by atoms with Crippen LogP contribution in [-0.2, 0) is 3.73 Å². The van der Waals surface area contributed by atoms with Gasteiger partial charge in [-0.05, 0) is 0 Å². The maximum absolute atomic E-state index is 8.03. The van der Waals surface area contributed by atoms with E-state index in [-0.39, 0.29) is 0 Å². The molecule has 0 rings (SSSR count). The molecule has 0 atom stereocenters. The van der Waals surface area contributed by atoms with Crippen molar-refractivity contribution in [1.29, 1.82) is 0 Å². The van der Waals surface area contributed by atoms with Crippen molar-refractivity contribution in [3.8, 4) is 0 Å². The van der Waals surface area contributed by atoms with Crippen LogP contribution in [0.1, 0.15) is 6.92 Å². The second-order valence-corrected chi connectivity index (χ2v) is 2.27. The monoisotopic (exact) mass is 154 g/mol. The molecule has 38 valence electrons. The van der Waals surface area contributed by atoms with Crippen LogP contribution in [0.2, 0.25) is 0 Å². The first-order valence-corrected chi connectivity index (χ1v) is 4.02. The number of rotatable bonds is 2. The summed E-state index contributed by atoms with van der Waals surface area (Å²) in [6.07, 6.45) is 0. The van der Waals surface area contributed by atoms with Crippen LogP contribution in [0.4, 0.5) is 0 Å². The van der Waals surface area contributed by atoms with Gasteiger partial charge in [-0.2, -0.15) is 0 Å². The standard InChI is InChI=1S/C2H7AsO3/c1-2-6-3(4)5/h4-5H,2H2,1H3. The zero-order valence-corrected chi connectivity index (χ0v) is 5.33. The van der Waals surface area contributed by atoms with Gasteiger partial charge in [0.05, 0.1) is 0 Å². The van der Waals surface area contributed by atoms with Gasteiger partial charge in [-0.3, -0.25) is 0 Å². The predicted octanol–water partition coefficient (Wildman–Crippen LogP) is -1.01. The van der Waals surface area contributed by atoms with E-state index in [9.17, 15) is 0 Å². The molecule has 0 spiro atoms. The zero-order chi connectivity index (χ0) is 4.99. The van der Waals surface area contributed by atoms with Gasteiger partial charge in [-0.25, -0.2) is 0 Å². The summed E-state index contributed by atoms with van der Waals surface area (Å²) in [5.74, 6) is 0. The minimum absolute atomic E-state index is 0.396. The summed E-state index contributed by atoms with van der Waals surface area (Å²) in [6.45, 7) is 2.11. The van der Waals surface area contributed by atoms with Gasteiger partial charge in [-0.15, -0.1) is 0 Å². The molecule has 0 unspecified atom stereocenters. The van der Waals surface area contributed by atoms with Crippen LogP contribution in [0, 0.1) is 0 Å². The summed E-state index contributed by atoms with van der Waals surface area (Å²) < 4.78 is 20.4. The molecule has 0 bridgehead atoms. The van der Waals surface area contributed by atoms with E-state index >= 15 is 0 Å². The van der Waals surface area contributed by atoms with Crippen molar-refractivity contribution in [3.05, 3.63) is 0 Å². The van der Waals surface area contributed by atoms with E-state index in [0.717, 1.165) is 0 Å². The molecule has 0 aromatic rings. The summed E-state index contributed by atoms with van der Waals surface area (Å²) in [7, 11) is 0. The van der Waals surface area contributed by atoms with E-state index in [2.05, 4.69) is 3.73 Å². The van der Waals surface area contributed by atoms with Crippen LogP contribution >= 0.6 is 0 Å². The van der Waals surface area contributed by atoms with Gasteiger partial charge in [0.2, 0.25) is 0 Å². The van der Waals surface area contributed by atoms with Gasteiger partial charge < -0.3 is 0 Å². The topological polar surface area (TPSA) is 49.7 Å². The van der Waals surface area contributed by atoms with Crippen molar-refractivity contribution < 1.29 is 11.9 Å². The fraction of sp³-hybridized carbons (Fsp3) is 1.00. The summed E-state index contributed by atoms with van der Waals surface area (Å²) in [4.78, 5) is 0. The molecular weight excluding hydrogens is 147 g/mol. The Morgan fingerprint density at radius 1 is 1.67 bits per heavy atom. The van der Waals surface area contributed by atoms with Crippen LogP contribution in [0.5, 0.6) is 0 Å². The molecule has 0 radical (unpaired) electrons. The van der Waals surface area contributed by atoms with E-state index in [1.807, 2.05) is 0 Å². The molecule has 2 N–H and O–H groups in total. The first-order valence-electron chi connectivity index (χ1n) is 1.58. The molecule has 0 aliphatic rings. The van der Waals surface area contributed by atoms with Gasteiger partial charge in [0.15, 0.2) is 0 Å². The summed E-state index contributed by atoms with van der Waals surface area (Å²) >= 11 is -2.72. The van der Waals surface area contributed by atoms with E-state index in [4.69, 9.17) is 8.19 Å². The van der Waals surface area contributed by atoms with E-state index in [0.29, 0.717) is 6.61 Å². The van der Waals surface area contributed by atoms with E-state index in [1.165, 1.54) is 0 Å². The number of hydrogen-bond acceptors (Lipinski definition) is 3. The van der Waals surface area contributed by atoms with Crippen LogP contribution in [-0.4, -0.2) is 30.5 Å². The molecule has 0 saturated heterocycles. The predicted molar refractivity (Wildman–Crippen MR) is 21.8 cm³/mol. The Labute approximate surface area is 41.9 Å². The molecule has 0 aliphatic carbocycles. The first-order chi connectivity index (χ1) is 2.77. The quantitative estimate of drug-likeness (QED) is 0.501. The van der Waals surface area contributed by atoms with Crippen molar-refractivity contribution in [1.82, 2.24) is 0 Å². The molecular formula is C2H7AsO3. The third-order valence-corrected chi connectivity index (χ3v) is 1.27. The molecule has 0 saturated carbocycles. The summed E-state index contributed by atoms with van der Waals surface area (Å²) in [5, 5.41) is 0. The van der Waals surface area contributed by atoms with Crippen LogP contribution in [0.25, 0.3) is 0 Å². The Kier molecular flexibility index (Phi) is 3.89. The molecule has 0 amide bonds. The van der Waals surface area contributed by atoms with Crippen molar-refractivity contribution in [2.24, 2.45) is 0 Å². The molecule has 6 heavy (non-hydrogen) atoms. The van der Waals surface area contributed by atoms with Crippen LogP contribution in [0.15, 0.2) is 0 Å². The average molecular weight is 154 g/mol. The Hall–Kier alpha value is 0.438. The van der Waals surface area contributed by atoms with Crippen LogP contribution in [0.3, 0.4) is 0 Å². The molecule has 4 heteroatoms. The van der Waals surface area contributed by atoms with E-state index in [1.54, 1.807) is 6.92 Å². The fourth-order valence-electron chi connectivity index (χ4n) is 0.115.